The Morgan fingerprint density at radius 2 is 2.17 bits per heavy atom. The highest BCUT2D eigenvalue weighted by Gasteiger charge is 2.33. The molecule has 0 spiro atoms. The lowest BCUT2D eigenvalue weighted by Crippen LogP contribution is -2.39. The van der Waals surface area contributed by atoms with Gasteiger partial charge in [-0.25, -0.2) is 9.78 Å². The number of benzene rings is 1. The molecule has 1 atom stereocenters. The van der Waals surface area contributed by atoms with Crippen LogP contribution in [0, 0.1) is 5.92 Å². The largest absolute Gasteiger partial charge is 0.497 e. The lowest BCUT2D eigenvalue weighted by molar-refractivity contribution is 0.235. The number of aromatic nitrogens is 3. The average Bonchev–Trinajstić information content (AvgIpc) is 3.32. The van der Waals surface area contributed by atoms with Crippen molar-refractivity contribution < 1.29 is 9.53 Å². The van der Waals surface area contributed by atoms with E-state index in [0.717, 1.165) is 37.1 Å². The van der Waals surface area contributed by atoms with Crippen LogP contribution in [0.4, 0.5) is 4.79 Å². The second-order valence-electron chi connectivity index (χ2n) is 6.00. The van der Waals surface area contributed by atoms with Gasteiger partial charge < -0.3 is 15.4 Å². The molecule has 2 amide bonds. The Hall–Kier alpha value is -2.57. The van der Waals surface area contributed by atoms with E-state index >= 15 is 0 Å². The summed E-state index contributed by atoms with van der Waals surface area (Å²) < 4.78 is 6.94. The first-order valence-corrected chi connectivity index (χ1v) is 8.27. The predicted octanol–water partition coefficient (Wildman–Crippen LogP) is 2.13. The molecule has 1 heterocycles. The number of methoxy groups -OCH3 is 1. The Labute approximate surface area is 141 Å². The van der Waals surface area contributed by atoms with E-state index in [1.807, 2.05) is 24.3 Å². The summed E-state index contributed by atoms with van der Waals surface area (Å²) in [7, 11) is 1.65. The second kappa shape index (κ2) is 7.81. The summed E-state index contributed by atoms with van der Waals surface area (Å²) in [4.78, 5) is 16.1. The van der Waals surface area contributed by atoms with Gasteiger partial charge in [-0.15, -0.1) is 0 Å². The molecule has 1 aliphatic carbocycles. The number of carbonyl (C=O) groups is 1. The Balaban J connectivity index is 1.46. The van der Waals surface area contributed by atoms with Crippen molar-refractivity contribution in [1.82, 2.24) is 25.4 Å². The van der Waals surface area contributed by atoms with Crippen LogP contribution in [-0.2, 0) is 6.54 Å². The molecule has 3 rings (SSSR count). The number of hydrogen-bond acceptors (Lipinski definition) is 4. The molecule has 0 radical (unpaired) electrons. The van der Waals surface area contributed by atoms with Crippen molar-refractivity contribution in [3.63, 3.8) is 0 Å². The molecule has 2 aromatic rings. The Morgan fingerprint density at radius 1 is 1.38 bits per heavy atom. The van der Waals surface area contributed by atoms with Crippen molar-refractivity contribution in [3.05, 3.63) is 42.5 Å². The van der Waals surface area contributed by atoms with Crippen LogP contribution in [0.1, 0.15) is 30.9 Å². The number of ether oxygens (including phenoxy) is 1. The van der Waals surface area contributed by atoms with E-state index in [1.165, 1.54) is 6.33 Å². The Morgan fingerprint density at radius 3 is 2.79 bits per heavy atom. The minimum absolute atomic E-state index is 0.0613. The van der Waals surface area contributed by atoms with Crippen molar-refractivity contribution >= 4 is 6.03 Å². The summed E-state index contributed by atoms with van der Waals surface area (Å²) in [6, 6.07) is 7.84. The maximum absolute atomic E-state index is 12.2. The summed E-state index contributed by atoms with van der Waals surface area (Å²) in [6.07, 6.45) is 6.31. The number of nitrogens with zero attached hydrogens (tertiary/aromatic N) is 3. The molecule has 1 aliphatic rings. The van der Waals surface area contributed by atoms with Gasteiger partial charge in [-0.3, -0.25) is 4.68 Å². The van der Waals surface area contributed by atoms with E-state index in [9.17, 15) is 4.79 Å². The monoisotopic (exact) mass is 329 g/mol. The van der Waals surface area contributed by atoms with Crippen molar-refractivity contribution in [2.75, 3.05) is 13.7 Å². The second-order valence-corrected chi connectivity index (χ2v) is 6.00. The van der Waals surface area contributed by atoms with Crippen molar-refractivity contribution in [1.29, 1.82) is 0 Å². The smallest absolute Gasteiger partial charge is 0.315 e. The Kier molecular flexibility index (Phi) is 5.30. The molecule has 0 saturated heterocycles. The first-order valence-electron chi connectivity index (χ1n) is 8.27. The summed E-state index contributed by atoms with van der Waals surface area (Å²) in [6.45, 7) is 1.34. The van der Waals surface area contributed by atoms with Crippen LogP contribution in [0.2, 0.25) is 0 Å². The molecule has 7 nitrogen and oxygen atoms in total. The third kappa shape index (κ3) is 4.47. The van der Waals surface area contributed by atoms with E-state index in [2.05, 4.69) is 20.7 Å². The fraction of sp³-hybridized carbons (Fsp3) is 0.471. The minimum atomic E-state index is -0.124. The van der Waals surface area contributed by atoms with Crippen LogP contribution in [0.25, 0.3) is 0 Å². The third-order valence-electron chi connectivity index (χ3n) is 4.17. The van der Waals surface area contributed by atoms with Crippen LogP contribution < -0.4 is 15.4 Å². The number of amides is 2. The predicted molar refractivity (Wildman–Crippen MR) is 89.6 cm³/mol. The SMILES string of the molecule is COc1ccc([C@H](NC(=O)NCCCn2cncn2)C2CC2)cc1. The molecule has 24 heavy (non-hydrogen) atoms. The van der Waals surface area contributed by atoms with Gasteiger partial charge in [-0.1, -0.05) is 12.1 Å². The molecule has 0 unspecified atom stereocenters. The van der Waals surface area contributed by atoms with E-state index in [1.54, 1.807) is 18.1 Å². The summed E-state index contributed by atoms with van der Waals surface area (Å²) in [5.74, 6) is 1.35. The number of aryl methyl sites for hydroxylation is 1. The van der Waals surface area contributed by atoms with Crippen LogP contribution in [-0.4, -0.2) is 34.5 Å². The van der Waals surface area contributed by atoms with E-state index in [4.69, 9.17) is 4.74 Å². The van der Waals surface area contributed by atoms with Crippen LogP contribution in [0.15, 0.2) is 36.9 Å². The summed E-state index contributed by atoms with van der Waals surface area (Å²) >= 11 is 0. The topological polar surface area (TPSA) is 81.1 Å². The zero-order valence-electron chi connectivity index (χ0n) is 13.8. The third-order valence-corrected chi connectivity index (χ3v) is 4.17. The van der Waals surface area contributed by atoms with Crippen LogP contribution in [0.5, 0.6) is 5.75 Å². The van der Waals surface area contributed by atoms with Gasteiger partial charge in [-0.05, 0) is 42.9 Å². The first-order chi connectivity index (χ1) is 11.8. The molecule has 0 aliphatic heterocycles. The zero-order chi connectivity index (χ0) is 16.8. The molecule has 128 valence electrons. The van der Waals surface area contributed by atoms with Gasteiger partial charge in [0.2, 0.25) is 0 Å². The van der Waals surface area contributed by atoms with Gasteiger partial charge in [0, 0.05) is 13.1 Å². The van der Waals surface area contributed by atoms with Crippen molar-refractivity contribution in [3.8, 4) is 5.75 Å². The number of nitrogens with one attached hydrogen (secondary N) is 2. The fourth-order valence-corrected chi connectivity index (χ4v) is 2.70. The van der Waals surface area contributed by atoms with Gasteiger partial charge in [0.25, 0.3) is 0 Å². The quantitative estimate of drug-likeness (QED) is 0.727. The van der Waals surface area contributed by atoms with Gasteiger partial charge in [0.1, 0.15) is 18.4 Å². The Bertz CT molecular complexity index is 638. The molecule has 1 aromatic carbocycles. The van der Waals surface area contributed by atoms with Gasteiger partial charge >= 0.3 is 6.03 Å². The molecule has 1 fully saturated rings. The maximum atomic E-state index is 12.2. The summed E-state index contributed by atoms with van der Waals surface area (Å²) in [5.41, 5.74) is 1.12. The number of hydrogen-bond donors (Lipinski definition) is 2. The molecular weight excluding hydrogens is 306 g/mol. The van der Waals surface area contributed by atoms with E-state index in [-0.39, 0.29) is 12.1 Å². The maximum Gasteiger partial charge on any atom is 0.315 e. The van der Waals surface area contributed by atoms with Crippen LogP contribution in [0.3, 0.4) is 0 Å². The average molecular weight is 329 g/mol. The first kappa shape index (κ1) is 16.3. The molecule has 1 aromatic heterocycles. The molecular formula is C17H23N5O2. The number of urea groups is 1. The van der Waals surface area contributed by atoms with E-state index < -0.39 is 0 Å². The normalized spacial score (nSPS) is 14.9. The highest BCUT2D eigenvalue weighted by Crippen LogP contribution is 2.41. The van der Waals surface area contributed by atoms with Crippen LogP contribution >= 0.6 is 0 Å². The fourth-order valence-electron chi connectivity index (χ4n) is 2.70. The lowest BCUT2D eigenvalue weighted by atomic mass is 10.0. The summed E-state index contributed by atoms with van der Waals surface area (Å²) in [5, 5.41) is 10.0. The van der Waals surface area contributed by atoms with Crippen molar-refractivity contribution in [2.24, 2.45) is 5.92 Å². The van der Waals surface area contributed by atoms with Gasteiger partial charge in [0.15, 0.2) is 0 Å². The minimum Gasteiger partial charge on any atom is -0.497 e. The highest BCUT2D eigenvalue weighted by molar-refractivity contribution is 5.74. The zero-order valence-corrected chi connectivity index (χ0v) is 13.8. The molecule has 0 bridgehead atoms. The molecule has 7 heteroatoms. The standard InChI is InChI=1S/C17H23N5O2/c1-24-15-7-5-14(6-8-15)16(13-3-4-13)21-17(23)19-9-2-10-22-12-18-11-20-22/h5-8,11-13,16H,2-4,9-10H2,1H3,(H2,19,21,23)/t16-/m1/s1. The van der Waals surface area contributed by atoms with Gasteiger partial charge in [-0.2, -0.15) is 5.10 Å². The van der Waals surface area contributed by atoms with E-state index in [0.29, 0.717) is 12.5 Å². The van der Waals surface area contributed by atoms with Crippen molar-refractivity contribution in [2.45, 2.75) is 31.8 Å². The number of rotatable bonds is 8. The van der Waals surface area contributed by atoms with Gasteiger partial charge in [0.05, 0.1) is 13.2 Å². The lowest BCUT2D eigenvalue weighted by Gasteiger charge is -2.19. The molecule has 2 N–H and O–H groups in total. The molecule has 1 saturated carbocycles. The number of carbonyl (C=O) groups excluding carboxylic acids is 1. The highest BCUT2D eigenvalue weighted by atomic mass is 16.5.